The predicted molar refractivity (Wildman–Crippen MR) is 206 cm³/mol. The van der Waals surface area contributed by atoms with Gasteiger partial charge in [-0.25, -0.2) is 0 Å². The Morgan fingerprint density at radius 2 is 1.45 bits per heavy atom. The third-order valence-electron chi connectivity index (χ3n) is 13.2. The molecular weight excluding hydrogens is 732 g/mol. The predicted octanol–water partition coefficient (Wildman–Crippen LogP) is 5.44. The molecule has 5 amide bonds. The maximum Gasteiger partial charge on any atom is 0.262 e. The van der Waals surface area contributed by atoms with Crippen LogP contribution in [0.3, 0.4) is 0 Å². The summed E-state index contributed by atoms with van der Waals surface area (Å²) in [6.07, 6.45) is 1.95. The fourth-order valence-corrected chi connectivity index (χ4v) is 11.1. The molecule has 288 valence electrons. The number of carbonyl (C=O) groups excluding carboxylic acids is 5. The van der Waals surface area contributed by atoms with E-state index in [1.54, 1.807) is 18.2 Å². The van der Waals surface area contributed by atoms with E-state index in [0.717, 1.165) is 58.8 Å². The minimum atomic E-state index is -0.973. The average molecular weight is 775 g/mol. The molecule has 13 heteroatoms. The molecule has 1 atom stereocenters. The number of nitrogens with zero attached hydrogens (tertiary/aromatic N) is 5. The number of piperidine rings is 2. The van der Waals surface area contributed by atoms with Gasteiger partial charge in [-0.3, -0.25) is 39.1 Å². The second kappa shape index (κ2) is 12.9. The van der Waals surface area contributed by atoms with Crippen LogP contribution in [0.5, 0.6) is 5.75 Å². The Bertz CT molecular complexity index is 2250. The Hall–Kier alpha value is -5.25. The highest BCUT2D eigenvalue weighted by atomic mass is 35.5. The van der Waals surface area contributed by atoms with Gasteiger partial charge in [0.1, 0.15) is 24.0 Å². The second-order valence-corrected chi connectivity index (χ2v) is 17.7. The van der Waals surface area contributed by atoms with Gasteiger partial charge in [-0.15, -0.1) is 0 Å². The van der Waals surface area contributed by atoms with Gasteiger partial charge in [0.2, 0.25) is 11.8 Å². The lowest BCUT2D eigenvalue weighted by molar-refractivity contribution is -0.199. The van der Waals surface area contributed by atoms with Crippen LogP contribution >= 0.6 is 11.6 Å². The minimum absolute atomic E-state index is 0.0444. The van der Waals surface area contributed by atoms with E-state index in [1.807, 2.05) is 23.1 Å². The molecule has 56 heavy (non-hydrogen) atoms. The largest absolute Gasteiger partial charge is 0.489 e. The first-order valence-electron chi connectivity index (χ1n) is 19.3. The summed E-state index contributed by atoms with van der Waals surface area (Å²) in [5.74, 6) is -1.30. The van der Waals surface area contributed by atoms with E-state index in [1.165, 1.54) is 0 Å². The summed E-state index contributed by atoms with van der Waals surface area (Å²) in [5, 5.41) is 11.9. The first kappa shape index (κ1) is 36.4. The van der Waals surface area contributed by atoms with Gasteiger partial charge in [0, 0.05) is 79.4 Å². The van der Waals surface area contributed by atoms with Crippen molar-refractivity contribution in [3.8, 4) is 11.8 Å². The topological polar surface area (TPSA) is 143 Å². The van der Waals surface area contributed by atoms with Crippen molar-refractivity contribution < 1.29 is 28.7 Å². The van der Waals surface area contributed by atoms with Crippen LogP contribution in [-0.4, -0.2) is 81.6 Å². The van der Waals surface area contributed by atoms with E-state index in [0.29, 0.717) is 53.1 Å². The zero-order valence-corrected chi connectivity index (χ0v) is 32.6. The molecule has 0 radical (unpaired) electrons. The Labute approximate surface area is 330 Å². The number of nitrogens with one attached hydrogen (secondary N) is 1. The van der Waals surface area contributed by atoms with Crippen molar-refractivity contribution in [2.24, 2.45) is 10.8 Å². The summed E-state index contributed by atoms with van der Waals surface area (Å²) < 4.78 is 6.49. The summed E-state index contributed by atoms with van der Waals surface area (Å²) >= 11 is 6.30. The van der Waals surface area contributed by atoms with Gasteiger partial charge in [0.25, 0.3) is 17.7 Å². The molecule has 5 aliphatic heterocycles. The molecule has 0 spiro atoms. The van der Waals surface area contributed by atoms with E-state index >= 15 is 0 Å². The second-order valence-electron chi connectivity index (χ2n) is 17.3. The van der Waals surface area contributed by atoms with Gasteiger partial charge in [-0.05, 0) is 78.4 Å². The van der Waals surface area contributed by atoms with Crippen LogP contribution in [0, 0.1) is 22.2 Å². The molecule has 6 aliphatic rings. The number of rotatable bonds is 6. The number of carbonyl (C=O) groups is 5. The number of nitriles is 1. The van der Waals surface area contributed by atoms with Crippen LogP contribution in [0.1, 0.15) is 107 Å². The molecule has 3 aromatic carbocycles. The van der Waals surface area contributed by atoms with Crippen molar-refractivity contribution in [3.05, 3.63) is 92.5 Å². The Balaban J connectivity index is 0.828. The molecule has 5 heterocycles. The standard InChI is InChI=1S/C43H43ClN6O6/c1-42(2)40(43(3,4)41(42)56-29-7-5-23(19-45)33(44)18-29)49-22-26-15-28(6-8-30(26)37(49)53)47-13-11-27(12-14-47)48-20-24-16-31-32(17-25(24)21-48)39(55)50(38(31)54)34-9-10-35(51)46-36(34)52/h5-8,15-18,27,34,40-41H,9-14,20-22H2,1-4H3,(H,46,51,52)/t34?,40-,41-. The summed E-state index contributed by atoms with van der Waals surface area (Å²) in [6, 6.07) is 16.4. The molecule has 0 bridgehead atoms. The number of amides is 5. The molecule has 12 nitrogen and oxygen atoms in total. The van der Waals surface area contributed by atoms with Crippen molar-refractivity contribution in [1.29, 1.82) is 5.26 Å². The number of hydrogen-bond acceptors (Lipinski definition) is 9. The maximum absolute atomic E-state index is 13.9. The Morgan fingerprint density at radius 1 is 0.786 bits per heavy atom. The summed E-state index contributed by atoms with van der Waals surface area (Å²) in [4.78, 5) is 72.7. The molecule has 1 unspecified atom stereocenters. The van der Waals surface area contributed by atoms with Crippen molar-refractivity contribution in [2.75, 3.05) is 18.0 Å². The monoisotopic (exact) mass is 774 g/mol. The molecule has 1 N–H and O–H groups in total. The first-order chi connectivity index (χ1) is 26.7. The number of imide groups is 2. The lowest BCUT2D eigenvalue weighted by atomic mass is 9.49. The van der Waals surface area contributed by atoms with Crippen LogP contribution in [0.2, 0.25) is 5.02 Å². The third-order valence-corrected chi connectivity index (χ3v) is 13.5. The molecule has 2 saturated heterocycles. The number of hydrogen-bond donors (Lipinski definition) is 1. The highest BCUT2D eigenvalue weighted by Crippen LogP contribution is 2.59. The van der Waals surface area contributed by atoms with Crippen LogP contribution in [0.25, 0.3) is 0 Å². The molecule has 1 saturated carbocycles. The first-order valence-corrected chi connectivity index (χ1v) is 19.7. The fraction of sp³-hybridized carbons (Fsp3) is 0.442. The van der Waals surface area contributed by atoms with Crippen molar-refractivity contribution >= 4 is 46.8 Å². The molecule has 9 rings (SSSR count). The number of ether oxygens (including phenoxy) is 1. The number of benzene rings is 3. The highest BCUT2D eigenvalue weighted by molar-refractivity contribution is 6.31. The Kier molecular flexibility index (Phi) is 8.38. The van der Waals surface area contributed by atoms with Crippen molar-refractivity contribution in [1.82, 2.24) is 20.0 Å². The van der Waals surface area contributed by atoms with Gasteiger partial charge in [-0.2, -0.15) is 5.26 Å². The lowest BCUT2D eigenvalue weighted by Gasteiger charge is -2.65. The summed E-state index contributed by atoms with van der Waals surface area (Å²) in [7, 11) is 0. The number of halogens is 1. The quantitative estimate of drug-likeness (QED) is 0.324. The van der Waals surface area contributed by atoms with Gasteiger partial charge < -0.3 is 14.5 Å². The smallest absolute Gasteiger partial charge is 0.262 e. The zero-order valence-electron chi connectivity index (χ0n) is 31.9. The summed E-state index contributed by atoms with van der Waals surface area (Å²) in [6.45, 7) is 12.2. The van der Waals surface area contributed by atoms with Crippen LogP contribution < -0.4 is 15.0 Å². The molecule has 0 aromatic heterocycles. The van der Waals surface area contributed by atoms with E-state index in [4.69, 9.17) is 16.3 Å². The molecule has 1 aliphatic carbocycles. The normalized spacial score (nSPS) is 25.5. The van der Waals surface area contributed by atoms with Crippen molar-refractivity contribution in [3.63, 3.8) is 0 Å². The van der Waals surface area contributed by atoms with Gasteiger partial charge in [0.15, 0.2) is 0 Å². The zero-order chi connectivity index (χ0) is 39.4. The maximum atomic E-state index is 13.9. The van der Waals surface area contributed by atoms with Crippen molar-refractivity contribution in [2.45, 2.75) is 97.2 Å². The van der Waals surface area contributed by atoms with Crippen LogP contribution in [0.15, 0.2) is 48.5 Å². The van der Waals surface area contributed by atoms with Gasteiger partial charge in [0.05, 0.1) is 21.7 Å². The van der Waals surface area contributed by atoms with E-state index in [-0.39, 0.29) is 41.7 Å². The van der Waals surface area contributed by atoms with E-state index in [2.05, 4.69) is 61.0 Å². The van der Waals surface area contributed by atoms with E-state index in [9.17, 15) is 29.2 Å². The van der Waals surface area contributed by atoms with E-state index < -0.39 is 29.7 Å². The Morgan fingerprint density at radius 3 is 2.05 bits per heavy atom. The number of fused-ring (bicyclic) bond motifs is 3. The SMILES string of the molecule is CC1(C)[C@H](Oc2ccc(C#N)c(Cl)c2)C(C)(C)[C@H]1N1Cc2cc(N3CCC(N4Cc5cc6c(cc5C4)C(=O)N(C4CCC(=O)NC4=O)C6=O)CC3)ccc2C1=O. The molecule has 3 aromatic rings. The average Bonchev–Trinajstić information content (AvgIpc) is 3.80. The van der Waals surface area contributed by atoms with Gasteiger partial charge >= 0.3 is 0 Å². The number of anilines is 1. The molecular formula is C43H43ClN6O6. The van der Waals surface area contributed by atoms with Crippen LogP contribution in [-0.2, 0) is 29.2 Å². The summed E-state index contributed by atoms with van der Waals surface area (Å²) in [5.41, 5.74) is 5.32. The van der Waals surface area contributed by atoms with Gasteiger partial charge in [-0.1, -0.05) is 39.3 Å². The third kappa shape index (κ3) is 5.53. The minimum Gasteiger partial charge on any atom is -0.489 e. The van der Waals surface area contributed by atoms with Crippen LogP contribution in [0.4, 0.5) is 5.69 Å². The fourth-order valence-electron chi connectivity index (χ4n) is 10.9. The molecule has 3 fully saturated rings. The highest BCUT2D eigenvalue weighted by Gasteiger charge is 2.67. The lowest BCUT2D eigenvalue weighted by Crippen LogP contribution is -2.74.